The number of benzene rings is 2. The Hall–Kier alpha value is -3.42. The van der Waals surface area contributed by atoms with Crippen LogP contribution in [0, 0.1) is 0 Å². The van der Waals surface area contributed by atoms with Crippen molar-refractivity contribution in [1.82, 2.24) is 25.1 Å². The minimum absolute atomic E-state index is 0.197. The average Bonchev–Trinajstić information content (AvgIpc) is 3.10. The van der Waals surface area contributed by atoms with E-state index in [0.29, 0.717) is 24.7 Å². The van der Waals surface area contributed by atoms with Crippen LogP contribution in [-0.2, 0) is 13.6 Å². The molecule has 0 saturated carbocycles. The molecule has 0 aliphatic rings. The Kier molecular flexibility index (Phi) is 5.65. The van der Waals surface area contributed by atoms with Crippen molar-refractivity contribution in [3.63, 3.8) is 0 Å². The van der Waals surface area contributed by atoms with Gasteiger partial charge in [-0.3, -0.25) is 0 Å². The van der Waals surface area contributed by atoms with E-state index in [2.05, 4.69) is 20.8 Å². The summed E-state index contributed by atoms with van der Waals surface area (Å²) < 4.78 is 7.02. The molecule has 1 heterocycles. The van der Waals surface area contributed by atoms with Gasteiger partial charge >= 0.3 is 6.03 Å². The van der Waals surface area contributed by atoms with Gasteiger partial charge in [0.25, 0.3) is 0 Å². The molecule has 3 rings (SSSR count). The topological polar surface area (TPSA) is 85.2 Å². The van der Waals surface area contributed by atoms with Crippen LogP contribution in [0.5, 0.6) is 5.75 Å². The summed E-state index contributed by atoms with van der Waals surface area (Å²) in [6.45, 7) is 3.07. The number of tetrazole rings is 1. The normalized spacial score (nSPS) is 10.5. The van der Waals surface area contributed by atoms with E-state index in [9.17, 15) is 4.79 Å². The van der Waals surface area contributed by atoms with Crippen LogP contribution in [0.15, 0.2) is 48.5 Å². The highest BCUT2D eigenvalue weighted by Gasteiger charge is 2.11. The van der Waals surface area contributed by atoms with E-state index >= 15 is 0 Å². The highest BCUT2D eigenvalue weighted by atomic mass is 16.5. The number of urea groups is 1. The quantitative estimate of drug-likeness (QED) is 0.725. The average molecular weight is 366 g/mol. The van der Waals surface area contributed by atoms with Crippen molar-refractivity contribution in [3.05, 3.63) is 54.1 Å². The zero-order chi connectivity index (χ0) is 19.2. The number of carbonyl (C=O) groups is 1. The van der Waals surface area contributed by atoms with Crippen LogP contribution < -0.4 is 10.1 Å². The number of nitrogens with zero attached hydrogens (tertiary/aromatic N) is 5. The Morgan fingerprint density at radius 3 is 2.67 bits per heavy atom. The third-order valence-electron chi connectivity index (χ3n) is 3.99. The lowest BCUT2D eigenvalue weighted by Crippen LogP contribution is -2.30. The Balaban J connectivity index is 1.63. The zero-order valence-corrected chi connectivity index (χ0v) is 15.6. The van der Waals surface area contributed by atoms with Crippen LogP contribution in [0.4, 0.5) is 10.5 Å². The lowest BCUT2D eigenvalue weighted by atomic mass is 10.2. The fraction of sp³-hybridized carbons (Fsp3) is 0.263. The van der Waals surface area contributed by atoms with Crippen LogP contribution in [0.3, 0.4) is 0 Å². The van der Waals surface area contributed by atoms with Crippen LogP contribution in [0.25, 0.3) is 11.4 Å². The Bertz CT molecular complexity index is 907. The second-order valence-corrected chi connectivity index (χ2v) is 6.07. The summed E-state index contributed by atoms with van der Waals surface area (Å²) in [5.74, 6) is 1.46. The van der Waals surface area contributed by atoms with Crippen molar-refractivity contribution >= 4 is 11.7 Å². The highest BCUT2D eigenvalue weighted by Crippen LogP contribution is 2.20. The van der Waals surface area contributed by atoms with E-state index in [0.717, 1.165) is 16.9 Å². The van der Waals surface area contributed by atoms with E-state index < -0.39 is 0 Å². The second kappa shape index (κ2) is 8.31. The minimum Gasteiger partial charge on any atom is -0.494 e. The third-order valence-corrected chi connectivity index (χ3v) is 3.99. The number of rotatable bonds is 6. The number of carbonyl (C=O) groups excluding carboxylic acids is 1. The third kappa shape index (κ3) is 4.60. The van der Waals surface area contributed by atoms with Gasteiger partial charge in [0.15, 0.2) is 5.82 Å². The number of hydrogen-bond donors (Lipinski definition) is 1. The lowest BCUT2D eigenvalue weighted by molar-refractivity contribution is 0.220. The Morgan fingerprint density at radius 2 is 2.00 bits per heavy atom. The number of anilines is 1. The van der Waals surface area contributed by atoms with Crippen molar-refractivity contribution in [3.8, 4) is 17.1 Å². The van der Waals surface area contributed by atoms with Crippen molar-refractivity contribution in [2.24, 2.45) is 7.05 Å². The van der Waals surface area contributed by atoms with Gasteiger partial charge in [-0.1, -0.05) is 24.3 Å². The first-order chi connectivity index (χ1) is 13.1. The van der Waals surface area contributed by atoms with Crippen LogP contribution in [0.2, 0.25) is 0 Å². The molecule has 0 atom stereocenters. The van der Waals surface area contributed by atoms with Gasteiger partial charge in [0.1, 0.15) is 5.75 Å². The smallest absolute Gasteiger partial charge is 0.321 e. The van der Waals surface area contributed by atoms with Gasteiger partial charge < -0.3 is 15.0 Å². The maximum atomic E-state index is 12.5. The molecule has 0 spiro atoms. The van der Waals surface area contributed by atoms with Crippen LogP contribution in [-0.4, -0.2) is 44.8 Å². The van der Waals surface area contributed by atoms with E-state index in [1.165, 1.54) is 0 Å². The molecule has 2 amide bonds. The fourth-order valence-corrected chi connectivity index (χ4v) is 2.63. The number of amides is 2. The molecular weight excluding hydrogens is 344 g/mol. The highest BCUT2D eigenvalue weighted by molar-refractivity contribution is 5.89. The monoisotopic (exact) mass is 366 g/mol. The molecule has 27 heavy (non-hydrogen) atoms. The number of aromatic nitrogens is 4. The molecule has 2 aromatic carbocycles. The first-order valence-electron chi connectivity index (χ1n) is 8.63. The Labute approximate surface area is 157 Å². The zero-order valence-electron chi connectivity index (χ0n) is 15.6. The summed E-state index contributed by atoms with van der Waals surface area (Å²) in [5, 5.41) is 14.4. The molecule has 0 fully saturated rings. The largest absolute Gasteiger partial charge is 0.494 e. The summed E-state index contributed by atoms with van der Waals surface area (Å²) in [7, 11) is 3.52. The standard InChI is InChI=1S/C19H22N6O2/c1-4-27-17-10-8-14(9-11-17)13-24(2)19(26)20-16-7-5-6-15(12-16)18-21-22-23-25(18)3/h5-12H,4,13H2,1-3H3,(H,20,26). The first kappa shape index (κ1) is 18.4. The van der Waals surface area contributed by atoms with Gasteiger partial charge in [-0.25, -0.2) is 9.48 Å². The molecule has 140 valence electrons. The molecule has 0 unspecified atom stereocenters. The van der Waals surface area contributed by atoms with Crippen molar-refractivity contribution in [2.75, 3.05) is 19.0 Å². The number of hydrogen-bond acceptors (Lipinski definition) is 5. The number of nitrogens with one attached hydrogen (secondary N) is 1. The molecule has 3 aromatic rings. The van der Waals surface area contributed by atoms with Gasteiger partial charge in [0, 0.05) is 31.9 Å². The molecule has 0 aliphatic heterocycles. The predicted molar refractivity (Wildman–Crippen MR) is 102 cm³/mol. The summed E-state index contributed by atoms with van der Waals surface area (Å²) >= 11 is 0. The number of ether oxygens (including phenoxy) is 1. The SMILES string of the molecule is CCOc1ccc(CN(C)C(=O)Nc2cccc(-c3nnnn3C)c2)cc1. The maximum Gasteiger partial charge on any atom is 0.321 e. The second-order valence-electron chi connectivity index (χ2n) is 6.07. The molecule has 1 aromatic heterocycles. The predicted octanol–water partition coefficient (Wildman–Crippen LogP) is 2.94. The van der Waals surface area contributed by atoms with Gasteiger partial charge in [-0.05, 0) is 47.2 Å². The Morgan fingerprint density at radius 1 is 1.22 bits per heavy atom. The molecule has 0 bridgehead atoms. The summed E-state index contributed by atoms with van der Waals surface area (Å²) in [5.41, 5.74) is 2.53. The number of aryl methyl sites for hydroxylation is 1. The minimum atomic E-state index is -0.197. The molecule has 0 aliphatic carbocycles. The fourth-order valence-electron chi connectivity index (χ4n) is 2.63. The van der Waals surface area contributed by atoms with Gasteiger partial charge in [-0.2, -0.15) is 0 Å². The van der Waals surface area contributed by atoms with E-state index in [1.807, 2.05) is 55.5 Å². The first-order valence-corrected chi connectivity index (χ1v) is 8.63. The van der Waals surface area contributed by atoms with Crippen LogP contribution >= 0.6 is 0 Å². The van der Waals surface area contributed by atoms with Crippen LogP contribution in [0.1, 0.15) is 12.5 Å². The van der Waals surface area contributed by atoms with Crippen molar-refractivity contribution < 1.29 is 9.53 Å². The molecule has 8 nitrogen and oxygen atoms in total. The van der Waals surface area contributed by atoms with Gasteiger partial charge in [0.2, 0.25) is 0 Å². The molecule has 0 radical (unpaired) electrons. The molecular formula is C19H22N6O2. The summed E-state index contributed by atoms with van der Waals surface area (Å²) in [4.78, 5) is 14.1. The lowest BCUT2D eigenvalue weighted by Gasteiger charge is -2.18. The van der Waals surface area contributed by atoms with E-state index in [1.54, 1.807) is 23.7 Å². The summed E-state index contributed by atoms with van der Waals surface area (Å²) in [6.07, 6.45) is 0. The van der Waals surface area contributed by atoms with E-state index in [4.69, 9.17) is 4.74 Å². The van der Waals surface area contributed by atoms with Crippen molar-refractivity contribution in [2.45, 2.75) is 13.5 Å². The molecule has 8 heteroatoms. The molecule has 1 N–H and O–H groups in total. The van der Waals surface area contributed by atoms with Gasteiger partial charge in [0.05, 0.1) is 6.61 Å². The maximum absolute atomic E-state index is 12.5. The molecule has 0 saturated heterocycles. The summed E-state index contributed by atoms with van der Waals surface area (Å²) in [6, 6.07) is 14.9. The van der Waals surface area contributed by atoms with E-state index in [-0.39, 0.29) is 6.03 Å². The van der Waals surface area contributed by atoms with Gasteiger partial charge in [-0.15, -0.1) is 5.10 Å². The van der Waals surface area contributed by atoms with Crippen molar-refractivity contribution in [1.29, 1.82) is 0 Å².